The molecule has 0 N–H and O–H groups in total. The van der Waals surface area contributed by atoms with E-state index in [1.54, 1.807) is 0 Å². The number of unbranched alkanes of at least 4 members (excludes halogenated alkanes) is 12. The number of rotatable bonds is 26. The zero-order chi connectivity index (χ0) is 35.9. The van der Waals surface area contributed by atoms with Crippen molar-refractivity contribution in [1.29, 1.82) is 0 Å². The van der Waals surface area contributed by atoms with Gasteiger partial charge in [-0.05, 0) is 111 Å². The van der Waals surface area contributed by atoms with Gasteiger partial charge in [-0.2, -0.15) is 0 Å². The summed E-state index contributed by atoms with van der Waals surface area (Å²) in [5.41, 5.74) is 5.52. The highest BCUT2D eigenvalue weighted by molar-refractivity contribution is 5.36. The van der Waals surface area contributed by atoms with Crippen molar-refractivity contribution in [2.45, 2.75) is 220 Å². The first-order valence-corrected chi connectivity index (χ1v) is 22.7. The molecule has 0 atom stereocenters. The minimum absolute atomic E-state index is 0.787. The van der Waals surface area contributed by atoms with Crippen LogP contribution in [0.1, 0.15) is 217 Å². The summed E-state index contributed by atoms with van der Waals surface area (Å²) < 4.78 is 6.65. The van der Waals surface area contributed by atoms with Gasteiger partial charge < -0.3 is 4.74 Å². The fourth-order valence-electron chi connectivity index (χ4n) is 9.31. The summed E-state index contributed by atoms with van der Waals surface area (Å²) in [7, 11) is 0. The van der Waals surface area contributed by atoms with Gasteiger partial charge >= 0.3 is 0 Å². The monoisotopic (exact) mass is 701 g/mol. The fraction of sp³-hybridized carbons (Fsp3) is 0.792. The summed E-state index contributed by atoms with van der Waals surface area (Å²) in [4.78, 5) is 10.1. The fourth-order valence-corrected chi connectivity index (χ4v) is 9.31. The SMILES string of the molecule is CCCCCCCC1CCC(Cc2cc(Oc3cnc(CCCCC)c(CC4CCC(CCCCCCC)CC4)c3)cnc2CCCCC)CC1. The molecule has 0 unspecified atom stereocenters. The smallest absolute Gasteiger partial charge is 0.146 e. The summed E-state index contributed by atoms with van der Waals surface area (Å²) >= 11 is 0. The van der Waals surface area contributed by atoms with Gasteiger partial charge in [0.1, 0.15) is 11.5 Å². The number of aryl methyl sites for hydroxylation is 2. The van der Waals surface area contributed by atoms with Crippen molar-refractivity contribution in [1.82, 2.24) is 9.97 Å². The maximum atomic E-state index is 6.65. The molecule has 3 heteroatoms. The van der Waals surface area contributed by atoms with E-state index >= 15 is 0 Å². The lowest BCUT2D eigenvalue weighted by Crippen LogP contribution is -2.17. The Kier molecular flexibility index (Phi) is 20.7. The van der Waals surface area contributed by atoms with Crippen LogP contribution in [-0.4, -0.2) is 9.97 Å². The highest BCUT2D eigenvalue weighted by Gasteiger charge is 2.24. The molecule has 3 nitrogen and oxygen atoms in total. The lowest BCUT2D eigenvalue weighted by atomic mass is 9.77. The second-order valence-electron chi connectivity index (χ2n) is 17.2. The van der Waals surface area contributed by atoms with E-state index in [1.807, 2.05) is 12.4 Å². The number of hydrogen-bond donors (Lipinski definition) is 0. The Labute approximate surface area is 316 Å². The van der Waals surface area contributed by atoms with Crippen molar-refractivity contribution in [3.05, 3.63) is 47.0 Å². The van der Waals surface area contributed by atoms with Crippen molar-refractivity contribution in [2.75, 3.05) is 0 Å². The summed E-state index contributed by atoms with van der Waals surface area (Å²) in [5, 5.41) is 0. The standard InChI is InChI=1S/C48H80N2O/c1-5-9-13-15-19-21-39-25-29-41(30-26-39)33-43-35-45(37-49-47(43)23-17-11-7-3)51-46-36-44(48(50-38-46)24-18-12-8-4)34-42-31-27-40(28-32-42)22-20-16-14-10-6-2/h35-42H,5-34H2,1-4H3. The molecule has 2 saturated carbocycles. The Morgan fingerprint density at radius 2 is 0.804 bits per heavy atom. The van der Waals surface area contributed by atoms with Crippen LogP contribution in [0.25, 0.3) is 0 Å². The van der Waals surface area contributed by atoms with Crippen LogP contribution in [0.15, 0.2) is 24.5 Å². The van der Waals surface area contributed by atoms with Crippen LogP contribution >= 0.6 is 0 Å². The number of aromatic nitrogens is 2. The molecule has 2 aliphatic carbocycles. The molecule has 4 rings (SSSR count). The van der Waals surface area contributed by atoms with Gasteiger partial charge in [-0.1, -0.05) is 156 Å². The summed E-state index contributed by atoms with van der Waals surface area (Å²) in [6.07, 6.45) is 44.3. The Balaban J connectivity index is 1.37. The van der Waals surface area contributed by atoms with E-state index in [2.05, 4.69) is 39.8 Å². The van der Waals surface area contributed by atoms with Gasteiger partial charge in [0, 0.05) is 11.4 Å². The molecule has 2 fully saturated rings. The third-order valence-corrected chi connectivity index (χ3v) is 12.7. The molecule has 0 radical (unpaired) electrons. The molecule has 288 valence electrons. The van der Waals surface area contributed by atoms with Gasteiger partial charge in [0.25, 0.3) is 0 Å². The zero-order valence-corrected chi connectivity index (χ0v) is 34.1. The van der Waals surface area contributed by atoms with Crippen LogP contribution in [0.5, 0.6) is 11.5 Å². The van der Waals surface area contributed by atoms with Gasteiger partial charge in [-0.25, -0.2) is 0 Å². The summed E-state index contributed by atoms with van der Waals surface area (Å²) in [5.74, 6) is 5.29. The van der Waals surface area contributed by atoms with E-state index in [-0.39, 0.29) is 0 Å². The molecule has 0 aliphatic heterocycles. The van der Waals surface area contributed by atoms with Crippen LogP contribution in [0.3, 0.4) is 0 Å². The second-order valence-corrected chi connectivity index (χ2v) is 17.2. The normalized spacial score (nSPS) is 20.9. The molecule has 0 spiro atoms. The number of pyridine rings is 2. The maximum absolute atomic E-state index is 6.65. The number of nitrogens with zero attached hydrogens (tertiary/aromatic N) is 2. The highest BCUT2D eigenvalue weighted by Crippen LogP contribution is 2.37. The first kappa shape index (κ1) is 41.9. The van der Waals surface area contributed by atoms with E-state index in [9.17, 15) is 0 Å². The summed E-state index contributed by atoms with van der Waals surface area (Å²) in [6, 6.07) is 4.71. The minimum atomic E-state index is 0.787. The first-order valence-electron chi connectivity index (χ1n) is 22.7. The Morgan fingerprint density at radius 3 is 1.20 bits per heavy atom. The molecule has 2 aromatic rings. The molecule has 0 bridgehead atoms. The van der Waals surface area contributed by atoms with E-state index < -0.39 is 0 Å². The summed E-state index contributed by atoms with van der Waals surface area (Å²) in [6.45, 7) is 9.23. The van der Waals surface area contributed by atoms with E-state index in [1.165, 1.54) is 189 Å². The molecule has 0 amide bonds. The third-order valence-electron chi connectivity index (χ3n) is 12.7. The van der Waals surface area contributed by atoms with Crippen LogP contribution in [-0.2, 0) is 25.7 Å². The highest BCUT2D eigenvalue weighted by atomic mass is 16.5. The third kappa shape index (κ3) is 15.9. The molecular formula is C48H80N2O. The van der Waals surface area contributed by atoms with Crippen LogP contribution < -0.4 is 4.74 Å². The lowest BCUT2D eigenvalue weighted by molar-refractivity contribution is 0.256. The van der Waals surface area contributed by atoms with Crippen LogP contribution in [0, 0.1) is 23.7 Å². The predicted octanol–water partition coefficient (Wildman–Crippen LogP) is 15.2. The second kappa shape index (κ2) is 25.2. The van der Waals surface area contributed by atoms with Gasteiger partial charge in [0.2, 0.25) is 0 Å². The van der Waals surface area contributed by atoms with Crippen molar-refractivity contribution in [3.8, 4) is 11.5 Å². The molecular weight excluding hydrogens is 621 g/mol. The van der Waals surface area contributed by atoms with Gasteiger partial charge in [-0.3, -0.25) is 9.97 Å². The van der Waals surface area contributed by atoms with E-state index in [0.29, 0.717) is 0 Å². The molecule has 0 saturated heterocycles. The molecule has 0 aromatic carbocycles. The van der Waals surface area contributed by atoms with Crippen molar-refractivity contribution >= 4 is 0 Å². The molecule has 51 heavy (non-hydrogen) atoms. The molecule has 2 aliphatic rings. The number of hydrogen-bond acceptors (Lipinski definition) is 3. The Bertz CT molecular complexity index is 1080. The van der Waals surface area contributed by atoms with Crippen molar-refractivity contribution < 1.29 is 4.74 Å². The number of ether oxygens (including phenoxy) is 1. The minimum Gasteiger partial charge on any atom is -0.454 e. The maximum Gasteiger partial charge on any atom is 0.146 e. The largest absolute Gasteiger partial charge is 0.454 e. The van der Waals surface area contributed by atoms with Crippen LogP contribution in [0.4, 0.5) is 0 Å². The van der Waals surface area contributed by atoms with Gasteiger partial charge in [-0.15, -0.1) is 0 Å². The lowest BCUT2D eigenvalue weighted by Gasteiger charge is -2.29. The van der Waals surface area contributed by atoms with Gasteiger partial charge in [0.15, 0.2) is 0 Å². The van der Waals surface area contributed by atoms with E-state index in [0.717, 1.165) is 60.9 Å². The van der Waals surface area contributed by atoms with Crippen molar-refractivity contribution in [2.24, 2.45) is 23.7 Å². The first-order chi connectivity index (χ1) is 25.1. The van der Waals surface area contributed by atoms with Crippen molar-refractivity contribution in [3.63, 3.8) is 0 Å². The molecule has 2 aromatic heterocycles. The molecule has 2 heterocycles. The zero-order valence-electron chi connectivity index (χ0n) is 34.1. The van der Waals surface area contributed by atoms with E-state index in [4.69, 9.17) is 14.7 Å². The average Bonchev–Trinajstić information content (AvgIpc) is 3.15. The average molecular weight is 701 g/mol. The predicted molar refractivity (Wildman–Crippen MR) is 220 cm³/mol. The Hall–Kier alpha value is -1.90. The van der Waals surface area contributed by atoms with Gasteiger partial charge in [0.05, 0.1) is 12.4 Å². The van der Waals surface area contributed by atoms with Crippen LogP contribution in [0.2, 0.25) is 0 Å². The quantitative estimate of drug-likeness (QED) is 0.0916. The Morgan fingerprint density at radius 1 is 0.451 bits per heavy atom. The topological polar surface area (TPSA) is 35.0 Å².